The van der Waals surface area contributed by atoms with Gasteiger partial charge in [0.15, 0.2) is 0 Å². The highest BCUT2D eigenvalue weighted by Crippen LogP contribution is 2.44. The number of nitrogens with one attached hydrogen (secondary N) is 1. The van der Waals surface area contributed by atoms with Crippen LogP contribution in [0.3, 0.4) is 0 Å². The van der Waals surface area contributed by atoms with E-state index in [0.29, 0.717) is 26.3 Å². The van der Waals surface area contributed by atoms with Crippen LogP contribution in [0.5, 0.6) is 0 Å². The van der Waals surface area contributed by atoms with Gasteiger partial charge in [0.25, 0.3) is 0 Å². The maximum absolute atomic E-state index is 12.8. The number of ether oxygens (including phenoxy) is 1. The van der Waals surface area contributed by atoms with Crippen LogP contribution in [0.15, 0.2) is 0 Å². The lowest BCUT2D eigenvalue weighted by molar-refractivity contribution is -0.130. The van der Waals surface area contributed by atoms with E-state index in [1.165, 1.54) is 0 Å². The van der Waals surface area contributed by atoms with Gasteiger partial charge >= 0.3 is 6.03 Å². The van der Waals surface area contributed by atoms with Crippen molar-refractivity contribution in [2.45, 2.75) is 45.6 Å². The number of likely N-dealkylation sites (tertiary alicyclic amines) is 2. The van der Waals surface area contributed by atoms with Gasteiger partial charge < -0.3 is 19.9 Å². The number of nitrogens with zero attached hydrogens (tertiary/aromatic N) is 2. The summed E-state index contributed by atoms with van der Waals surface area (Å²) in [4.78, 5) is 29.3. The molecule has 3 amide bonds. The molecule has 0 radical (unpaired) electrons. The average Bonchev–Trinajstić information content (AvgIpc) is 3.15. The Labute approximate surface area is 138 Å². The first-order valence-corrected chi connectivity index (χ1v) is 8.94. The lowest BCUT2D eigenvalue weighted by Crippen LogP contribution is -2.46. The first-order valence-electron chi connectivity index (χ1n) is 8.94. The van der Waals surface area contributed by atoms with Crippen molar-refractivity contribution in [1.29, 1.82) is 0 Å². The molecule has 1 atom stereocenters. The Morgan fingerprint density at radius 1 is 1.13 bits per heavy atom. The van der Waals surface area contributed by atoms with Gasteiger partial charge in [0, 0.05) is 50.8 Å². The minimum atomic E-state index is -0.111. The van der Waals surface area contributed by atoms with Crippen molar-refractivity contribution in [2.24, 2.45) is 11.3 Å². The van der Waals surface area contributed by atoms with Crippen LogP contribution in [0, 0.1) is 11.3 Å². The summed E-state index contributed by atoms with van der Waals surface area (Å²) >= 11 is 0. The molecule has 0 aromatic rings. The largest absolute Gasteiger partial charge is 0.381 e. The number of rotatable bonds is 2. The average molecular weight is 323 g/mol. The summed E-state index contributed by atoms with van der Waals surface area (Å²) < 4.78 is 5.52. The van der Waals surface area contributed by atoms with Gasteiger partial charge in [-0.25, -0.2) is 4.79 Å². The topological polar surface area (TPSA) is 61.9 Å². The van der Waals surface area contributed by atoms with E-state index in [1.807, 2.05) is 23.6 Å². The third-order valence-electron chi connectivity index (χ3n) is 5.53. The first kappa shape index (κ1) is 16.6. The van der Waals surface area contributed by atoms with Gasteiger partial charge in [0.1, 0.15) is 0 Å². The zero-order valence-electron chi connectivity index (χ0n) is 14.3. The quantitative estimate of drug-likeness (QED) is 0.837. The Hall–Kier alpha value is -1.30. The monoisotopic (exact) mass is 323 g/mol. The number of urea groups is 1. The van der Waals surface area contributed by atoms with Crippen molar-refractivity contribution in [3.63, 3.8) is 0 Å². The Morgan fingerprint density at radius 2 is 1.78 bits per heavy atom. The fourth-order valence-electron chi connectivity index (χ4n) is 4.25. The molecule has 3 fully saturated rings. The predicted molar refractivity (Wildman–Crippen MR) is 87.0 cm³/mol. The number of hydrogen-bond acceptors (Lipinski definition) is 3. The molecule has 3 aliphatic rings. The van der Waals surface area contributed by atoms with Crippen molar-refractivity contribution in [3.8, 4) is 0 Å². The molecule has 130 valence electrons. The van der Waals surface area contributed by atoms with E-state index in [2.05, 4.69) is 5.32 Å². The van der Waals surface area contributed by atoms with Crippen molar-refractivity contribution in [1.82, 2.24) is 15.1 Å². The molecular formula is C17H29N3O3. The standard InChI is InChI=1S/C17H29N3O3/c1-13(2)18-15(21)14-11-20(16(22)19-7-3-4-8-19)12-17(14)5-9-23-10-6-17/h13-14H,3-12H2,1-2H3,(H,18,21). The number of amides is 3. The predicted octanol–water partition coefficient (Wildman–Crippen LogP) is 1.46. The summed E-state index contributed by atoms with van der Waals surface area (Å²) in [6, 6.07) is 0.246. The molecule has 0 aromatic carbocycles. The Balaban J connectivity index is 1.75. The molecular weight excluding hydrogens is 294 g/mol. The molecule has 0 aromatic heterocycles. The smallest absolute Gasteiger partial charge is 0.320 e. The molecule has 0 aliphatic carbocycles. The molecule has 3 aliphatic heterocycles. The van der Waals surface area contributed by atoms with Crippen LogP contribution >= 0.6 is 0 Å². The van der Waals surface area contributed by atoms with Crippen molar-refractivity contribution in [2.75, 3.05) is 39.4 Å². The summed E-state index contributed by atoms with van der Waals surface area (Å²) in [6.07, 6.45) is 3.92. The Bertz CT molecular complexity index is 454. The Morgan fingerprint density at radius 3 is 2.39 bits per heavy atom. The summed E-state index contributed by atoms with van der Waals surface area (Å²) in [6.45, 7) is 8.31. The third kappa shape index (κ3) is 3.32. The van der Waals surface area contributed by atoms with Gasteiger partial charge in [0.2, 0.25) is 5.91 Å². The SMILES string of the molecule is CC(C)NC(=O)C1CN(C(=O)N2CCCC2)CC12CCOCC2. The lowest BCUT2D eigenvalue weighted by atomic mass is 9.71. The summed E-state index contributed by atoms with van der Waals surface area (Å²) in [5.74, 6) is -0.0148. The van der Waals surface area contributed by atoms with Crippen LogP contribution in [-0.2, 0) is 9.53 Å². The minimum absolute atomic E-state index is 0.0959. The van der Waals surface area contributed by atoms with E-state index >= 15 is 0 Å². The van der Waals surface area contributed by atoms with Crippen molar-refractivity contribution >= 4 is 11.9 Å². The van der Waals surface area contributed by atoms with E-state index in [1.54, 1.807) is 0 Å². The van der Waals surface area contributed by atoms with E-state index in [0.717, 1.165) is 38.8 Å². The molecule has 3 rings (SSSR count). The number of hydrogen-bond donors (Lipinski definition) is 1. The third-order valence-corrected chi connectivity index (χ3v) is 5.53. The zero-order chi connectivity index (χ0) is 16.4. The molecule has 3 heterocycles. The highest BCUT2D eigenvalue weighted by Gasteiger charge is 2.52. The zero-order valence-corrected chi connectivity index (χ0v) is 14.3. The lowest BCUT2D eigenvalue weighted by Gasteiger charge is -2.37. The maximum atomic E-state index is 12.8. The molecule has 3 saturated heterocycles. The van der Waals surface area contributed by atoms with E-state index in [9.17, 15) is 9.59 Å². The summed E-state index contributed by atoms with van der Waals surface area (Å²) in [7, 11) is 0. The highest BCUT2D eigenvalue weighted by molar-refractivity contribution is 5.83. The van der Waals surface area contributed by atoms with Crippen LogP contribution in [-0.4, -0.2) is 67.2 Å². The van der Waals surface area contributed by atoms with Gasteiger partial charge in [-0.1, -0.05) is 0 Å². The van der Waals surface area contributed by atoms with Crippen molar-refractivity contribution in [3.05, 3.63) is 0 Å². The summed E-state index contributed by atoms with van der Waals surface area (Å²) in [5.41, 5.74) is -0.105. The van der Waals surface area contributed by atoms with Crippen LogP contribution in [0.1, 0.15) is 39.5 Å². The van der Waals surface area contributed by atoms with Gasteiger partial charge in [0.05, 0.1) is 5.92 Å². The fourth-order valence-corrected chi connectivity index (χ4v) is 4.25. The normalized spacial score (nSPS) is 27.0. The van der Waals surface area contributed by atoms with Gasteiger partial charge in [-0.2, -0.15) is 0 Å². The molecule has 1 N–H and O–H groups in total. The van der Waals surface area contributed by atoms with Crippen LogP contribution in [0.4, 0.5) is 4.79 Å². The minimum Gasteiger partial charge on any atom is -0.381 e. The molecule has 1 spiro atoms. The van der Waals surface area contributed by atoms with Gasteiger partial charge in [-0.05, 0) is 39.5 Å². The van der Waals surface area contributed by atoms with E-state index < -0.39 is 0 Å². The van der Waals surface area contributed by atoms with Crippen LogP contribution in [0.2, 0.25) is 0 Å². The molecule has 1 unspecified atom stereocenters. The molecule has 0 bridgehead atoms. The van der Waals surface area contributed by atoms with Gasteiger partial charge in [-0.15, -0.1) is 0 Å². The van der Waals surface area contributed by atoms with Crippen LogP contribution in [0.25, 0.3) is 0 Å². The van der Waals surface area contributed by atoms with Crippen molar-refractivity contribution < 1.29 is 14.3 Å². The molecule has 6 nitrogen and oxygen atoms in total. The highest BCUT2D eigenvalue weighted by atomic mass is 16.5. The first-order chi connectivity index (χ1) is 11.0. The van der Waals surface area contributed by atoms with E-state index in [-0.39, 0.29) is 29.3 Å². The second-order valence-corrected chi connectivity index (χ2v) is 7.55. The summed E-state index contributed by atoms with van der Waals surface area (Å²) in [5, 5.41) is 3.05. The number of carbonyl (C=O) groups is 2. The number of carbonyl (C=O) groups excluding carboxylic acids is 2. The fraction of sp³-hybridized carbons (Fsp3) is 0.882. The molecule has 0 saturated carbocycles. The van der Waals surface area contributed by atoms with Gasteiger partial charge in [-0.3, -0.25) is 4.79 Å². The second-order valence-electron chi connectivity index (χ2n) is 7.55. The molecule has 6 heteroatoms. The molecule has 23 heavy (non-hydrogen) atoms. The Kier molecular flexibility index (Phi) is 4.80. The van der Waals surface area contributed by atoms with Crippen LogP contribution < -0.4 is 5.32 Å². The second kappa shape index (κ2) is 6.67. The van der Waals surface area contributed by atoms with E-state index in [4.69, 9.17) is 4.74 Å². The maximum Gasteiger partial charge on any atom is 0.320 e.